The predicted molar refractivity (Wildman–Crippen MR) is 88.4 cm³/mol. The Bertz CT molecular complexity index is 797. The molecule has 132 valence electrons. The average molecular weight is 375 g/mol. The van der Waals surface area contributed by atoms with Gasteiger partial charge in [0.2, 0.25) is 0 Å². The lowest BCUT2D eigenvalue weighted by atomic mass is 10.0. The lowest BCUT2D eigenvalue weighted by Crippen LogP contribution is -2.30. The van der Waals surface area contributed by atoms with Gasteiger partial charge in [-0.2, -0.15) is 0 Å². The summed E-state index contributed by atoms with van der Waals surface area (Å²) in [5, 5.41) is 0. The fraction of sp³-hybridized carbons (Fsp3) is 0.583. The van der Waals surface area contributed by atoms with E-state index in [-0.39, 0.29) is 18.5 Å². The second kappa shape index (κ2) is 6.26. The highest BCUT2D eigenvalue weighted by Gasteiger charge is 2.46. The zero-order chi connectivity index (χ0) is 17.5. The number of aromatic nitrogens is 4. The first-order valence-corrected chi connectivity index (χ1v) is 9.69. The summed E-state index contributed by atoms with van der Waals surface area (Å²) in [4.78, 5) is 30.9. The summed E-state index contributed by atoms with van der Waals surface area (Å²) in [6.45, 7) is -2.05. The summed E-state index contributed by atoms with van der Waals surface area (Å²) in [6, 6.07) is 0. The number of nitrogen functional groups attached to an aromatic ring is 1. The molecular formula is C12H18N5O5PS. The normalized spacial score (nSPS) is 27.8. The Morgan fingerprint density at radius 1 is 1.50 bits per heavy atom. The van der Waals surface area contributed by atoms with E-state index in [2.05, 4.69) is 26.8 Å². The maximum Gasteiger partial charge on any atom is 0.321 e. The molecule has 3 heterocycles. The molecule has 24 heavy (non-hydrogen) atoms. The van der Waals surface area contributed by atoms with Gasteiger partial charge in [0, 0.05) is 13.5 Å². The summed E-state index contributed by atoms with van der Waals surface area (Å²) in [5.41, 5.74) is 5.99. The van der Waals surface area contributed by atoms with Gasteiger partial charge in [0.1, 0.15) is 17.9 Å². The number of anilines is 1. The first-order chi connectivity index (χ1) is 11.2. The standard InChI is InChI=1S/C12H18N5O5PS/c1-12(4-21-23(18,19)24)3-7(20-2)11(22-12)17-6-16-8-9(13)14-5-15-10(8)17/h5-7,11H,3-4H2,1-2H3,(H2,13,14,15)(H2,18,19,24)/t7-,11-,12+/m1/s1. The molecule has 4 N–H and O–H groups in total. The van der Waals surface area contributed by atoms with Crippen LogP contribution in [-0.4, -0.2) is 54.7 Å². The smallest absolute Gasteiger partial charge is 0.321 e. The van der Waals surface area contributed by atoms with Gasteiger partial charge in [-0.3, -0.25) is 4.57 Å². The number of fused-ring (bicyclic) bond motifs is 1. The molecule has 12 heteroatoms. The highest BCUT2D eigenvalue weighted by molar-refractivity contribution is 8.06. The van der Waals surface area contributed by atoms with Crippen LogP contribution >= 0.6 is 6.72 Å². The number of rotatable bonds is 5. The van der Waals surface area contributed by atoms with Crippen molar-refractivity contribution in [3.05, 3.63) is 12.7 Å². The number of methoxy groups -OCH3 is 1. The van der Waals surface area contributed by atoms with Crippen LogP contribution in [0.5, 0.6) is 0 Å². The van der Waals surface area contributed by atoms with Crippen molar-refractivity contribution < 1.29 is 23.8 Å². The van der Waals surface area contributed by atoms with E-state index in [4.69, 9.17) is 19.7 Å². The molecule has 0 saturated carbocycles. The summed E-state index contributed by atoms with van der Waals surface area (Å²) in [7, 11) is 1.57. The van der Waals surface area contributed by atoms with Crippen LogP contribution in [-0.2, 0) is 25.8 Å². The van der Waals surface area contributed by atoms with Crippen LogP contribution in [0.15, 0.2) is 12.7 Å². The molecule has 0 unspecified atom stereocenters. The molecule has 1 saturated heterocycles. The average Bonchev–Trinajstić information content (AvgIpc) is 3.07. The van der Waals surface area contributed by atoms with Gasteiger partial charge in [-0.15, -0.1) is 0 Å². The van der Waals surface area contributed by atoms with Gasteiger partial charge in [-0.05, 0) is 18.7 Å². The van der Waals surface area contributed by atoms with E-state index in [1.54, 1.807) is 24.9 Å². The Balaban J connectivity index is 1.89. The third-order valence-corrected chi connectivity index (χ3v) is 4.64. The van der Waals surface area contributed by atoms with Crippen LogP contribution in [0.2, 0.25) is 0 Å². The number of nitrogens with two attached hydrogens (primary N) is 1. The van der Waals surface area contributed by atoms with Crippen molar-refractivity contribution in [2.75, 3.05) is 19.5 Å². The highest BCUT2D eigenvalue weighted by atomic mass is 32.5. The maximum atomic E-state index is 9.26. The maximum absolute atomic E-state index is 9.26. The first-order valence-electron chi connectivity index (χ1n) is 7.06. The van der Waals surface area contributed by atoms with Crippen LogP contribution in [0.1, 0.15) is 19.6 Å². The van der Waals surface area contributed by atoms with Gasteiger partial charge in [-0.25, -0.2) is 15.0 Å². The molecule has 1 aliphatic heterocycles. The quantitative estimate of drug-likeness (QED) is 0.627. The third-order valence-electron chi connectivity index (χ3n) is 3.86. The first kappa shape index (κ1) is 17.6. The molecule has 0 bridgehead atoms. The lowest BCUT2D eigenvalue weighted by Gasteiger charge is -2.25. The molecule has 0 spiro atoms. The van der Waals surface area contributed by atoms with E-state index in [1.807, 2.05) is 0 Å². The molecule has 0 aromatic carbocycles. The van der Waals surface area contributed by atoms with Crippen LogP contribution in [0, 0.1) is 0 Å². The highest BCUT2D eigenvalue weighted by Crippen LogP contribution is 2.43. The zero-order valence-corrected chi connectivity index (χ0v) is 14.8. The summed E-state index contributed by atoms with van der Waals surface area (Å²) in [6.07, 6.45) is 2.52. The molecule has 2 aromatic rings. The topological polar surface area (TPSA) is 138 Å². The van der Waals surface area contributed by atoms with Gasteiger partial charge >= 0.3 is 6.72 Å². The largest absolute Gasteiger partial charge is 0.382 e. The van der Waals surface area contributed by atoms with Gasteiger partial charge < -0.3 is 29.5 Å². The molecular weight excluding hydrogens is 357 g/mol. The number of imidazole rings is 1. The van der Waals surface area contributed by atoms with E-state index >= 15 is 0 Å². The van der Waals surface area contributed by atoms with Crippen molar-refractivity contribution in [2.45, 2.75) is 31.3 Å². The van der Waals surface area contributed by atoms with Crippen molar-refractivity contribution >= 4 is 35.5 Å². The van der Waals surface area contributed by atoms with Crippen molar-refractivity contribution in [3.63, 3.8) is 0 Å². The third kappa shape index (κ3) is 3.42. The van der Waals surface area contributed by atoms with Crippen LogP contribution in [0.3, 0.4) is 0 Å². The molecule has 1 fully saturated rings. The van der Waals surface area contributed by atoms with E-state index in [9.17, 15) is 9.79 Å². The minimum absolute atomic E-state index is 0.0720. The van der Waals surface area contributed by atoms with E-state index in [1.165, 1.54) is 6.33 Å². The molecule has 3 rings (SSSR count). The van der Waals surface area contributed by atoms with Gasteiger partial charge in [0.15, 0.2) is 17.7 Å². The molecule has 10 nitrogen and oxygen atoms in total. The Morgan fingerprint density at radius 3 is 2.92 bits per heavy atom. The van der Waals surface area contributed by atoms with Crippen molar-refractivity contribution in [3.8, 4) is 0 Å². The van der Waals surface area contributed by atoms with Gasteiger partial charge in [-0.1, -0.05) is 0 Å². The van der Waals surface area contributed by atoms with E-state index in [0.717, 1.165) is 0 Å². The second-order valence-electron chi connectivity index (χ2n) is 5.78. The summed E-state index contributed by atoms with van der Waals surface area (Å²) in [5.74, 6) is 0.276. The van der Waals surface area contributed by atoms with E-state index in [0.29, 0.717) is 17.6 Å². The molecule has 3 atom stereocenters. The number of hydrogen-bond donors (Lipinski definition) is 3. The molecule has 0 aliphatic carbocycles. The number of ether oxygens (including phenoxy) is 2. The Labute approximate surface area is 142 Å². The van der Waals surface area contributed by atoms with Gasteiger partial charge in [0.05, 0.1) is 18.5 Å². The minimum Gasteiger partial charge on any atom is -0.382 e. The second-order valence-corrected chi connectivity index (χ2v) is 8.45. The summed E-state index contributed by atoms with van der Waals surface area (Å²) < 4.78 is 18.2. The van der Waals surface area contributed by atoms with Crippen molar-refractivity contribution in [1.82, 2.24) is 19.5 Å². The molecule has 1 aliphatic rings. The zero-order valence-electron chi connectivity index (χ0n) is 13.1. The van der Waals surface area contributed by atoms with Crippen LogP contribution < -0.4 is 5.73 Å². The molecule has 0 amide bonds. The fourth-order valence-electron chi connectivity index (χ4n) is 2.75. The Kier molecular flexibility index (Phi) is 4.60. The molecule has 2 aromatic heterocycles. The minimum atomic E-state index is -3.76. The van der Waals surface area contributed by atoms with Crippen LogP contribution in [0.25, 0.3) is 11.2 Å². The number of nitrogens with zero attached hydrogens (tertiary/aromatic N) is 4. The Morgan fingerprint density at radius 2 is 2.25 bits per heavy atom. The van der Waals surface area contributed by atoms with Crippen LogP contribution in [0.4, 0.5) is 5.82 Å². The monoisotopic (exact) mass is 375 g/mol. The predicted octanol–water partition coefficient (Wildman–Crippen LogP) is 0.327. The number of hydrogen-bond acceptors (Lipinski definition) is 8. The van der Waals surface area contributed by atoms with Crippen molar-refractivity contribution in [1.29, 1.82) is 0 Å². The van der Waals surface area contributed by atoms with Crippen molar-refractivity contribution in [2.24, 2.45) is 0 Å². The van der Waals surface area contributed by atoms with Gasteiger partial charge in [0.25, 0.3) is 0 Å². The summed E-state index contributed by atoms with van der Waals surface area (Å²) >= 11 is 4.48. The lowest BCUT2D eigenvalue weighted by molar-refractivity contribution is -0.0992. The molecule has 0 radical (unpaired) electrons. The SMILES string of the molecule is CO[C@@H]1C[C@@](C)(COP(O)(O)=S)O[C@H]1n1cnc2c(N)ncnc21. The fourth-order valence-corrected chi connectivity index (χ4v) is 3.35. The van der Waals surface area contributed by atoms with E-state index < -0.39 is 18.5 Å². The Hall–Kier alpha value is -1.20.